The molecular weight excluding hydrogens is 406 g/mol. The highest BCUT2D eigenvalue weighted by atomic mass is 32.2. The van der Waals surface area contributed by atoms with Crippen molar-refractivity contribution >= 4 is 26.8 Å². The molecule has 0 unspecified atom stereocenters. The zero-order valence-corrected chi connectivity index (χ0v) is 17.7. The van der Waals surface area contributed by atoms with Gasteiger partial charge < -0.3 is 14.2 Å². The number of methoxy groups -OCH3 is 2. The molecule has 3 aromatic rings. The topological polar surface area (TPSA) is 90.9 Å². The quantitative estimate of drug-likeness (QED) is 0.552. The van der Waals surface area contributed by atoms with Crippen molar-refractivity contribution in [3.05, 3.63) is 66.2 Å². The molecule has 0 aliphatic rings. The van der Waals surface area contributed by atoms with E-state index in [0.29, 0.717) is 11.3 Å². The van der Waals surface area contributed by atoms with Crippen molar-refractivity contribution in [1.82, 2.24) is 4.72 Å². The Morgan fingerprint density at radius 1 is 0.967 bits per heavy atom. The summed E-state index contributed by atoms with van der Waals surface area (Å²) in [6.45, 7) is 1.79. The lowest BCUT2D eigenvalue weighted by atomic mass is 9.99. The normalized spacial score (nSPS) is 12.4. The maximum Gasteiger partial charge on any atom is 0.328 e. The Balaban J connectivity index is 2.06. The minimum Gasteiger partial charge on any atom is -0.493 e. The van der Waals surface area contributed by atoms with E-state index in [9.17, 15) is 13.2 Å². The number of carbonyl (C=O) groups is 1. The third kappa shape index (κ3) is 4.39. The monoisotopic (exact) mass is 429 g/mol. The molecule has 0 amide bonds. The number of hydrogen-bond acceptors (Lipinski definition) is 6. The lowest BCUT2D eigenvalue weighted by Crippen LogP contribution is -2.35. The largest absolute Gasteiger partial charge is 0.493 e. The van der Waals surface area contributed by atoms with E-state index in [-0.39, 0.29) is 17.3 Å². The molecule has 3 aromatic carbocycles. The first-order valence-electron chi connectivity index (χ1n) is 9.30. The summed E-state index contributed by atoms with van der Waals surface area (Å²) in [6, 6.07) is 15.8. The van der Waals surface area contributed by atoms with E-state index in [2.05, 4.69) is 4.72 Å². The Kier molecular flexibility index (Phi) is 6.59. The van der Waals surface area contributed by atoms with Crippen LogP contribution in [-0.4, -0.2) is 35.2 Å². The van der Waals surface area contributed by atoms with Gasteiger partial charge in [-0.3, -0.25) is 0 Å². The Hall–Kier alpha value is -3.10. The predicted molar refractivity (Wildman–Crippen MR) is 113 cm³/mol. The van der Waals surface area contributed by atoms with Gasteiger partial charge in [0, 0.05) is 6.07 Å². The van der Waals surface area contributed by atoms with Crippen LogP contribution in [0, 0.1) is 0 Å². The molecule has 0 aliphatic carbocycles. The lowest BCUT2D eigenvalue weighted by Gasteiger charge is -2.20. The molecule has 0 heterocycles. The molecule has 7 nitrogen and oxygen atoms in total. The zero-order chi connectivity index (χ0) is 21.7. The van der Waals surface area contributed by atoms with Crippen molar-refractivity contribution in [2.24, 2.45) is 0 Å². The Morgan fingerprint density at radius 3 is 2.37 bits per heavy atom. The number of hydrogen-bond donors (Lipinski definition) is 1. The first kappa shape index (κ1) is 21.6. The van der Waals surface area contributed by atoms with Crippen molar-refractivity contribution in [3.8, 4) is 11.5 Å². The number of ether oxygens (including phenoxy) is 3. The van der Waals surface area contributed by atoms with Crippen LogP contribution in [0.2, 0.25) is 0 Å². The maximum absolute atomic E-state index is 13.1. The van der Waals surface area contributed by atoms with Crippen LogP contribution >= 0.6 is 0 Å². The van der Waals surface area contributed by atoms with E-state index in [1.54, 1.807) is 19.1 Å². The molecule has 0 radical (unpaired) electrons. The van der Waals surface area contributed by atoms with Crippen LogP contribution in [0.25, 0.3) is 10.8 Å². The van der Waals surface area contributed by atoms with Crippen molar-refractivity contribution in [1.29, 1.82) is 0 Å². The van der Waals surface area contributed by atoms with Crippen LogP contribution in [0.4, 0.5) is 0 Å². The summed E-state index contributed by atoms with van der Waals surface area (Å²) >= 11 is 0. The second-order valence-electron chi connectivity index (χ2n) is 6.39. The Morgan fingerprint density at radius 2 is 1.67 bits per heavy atom. The molecule has 1 N–H and O–H groups in total. The molecule has 0 saturated carbocycles. The van der Waals surface area contributed by atoms with Crippen LogP contribution < -0.4 is 14.2 Å². The molecular formula is C22H23NO6S. The molecule has 30 heavy (non-hydrogen) atoms. The van der Waals surface area contributed by atoms with Gasteiger partial charge in [0.15, 0.2) is 11.5 Å². The van der Waals surface area contributed by atoms with Crippen LogP contribution in [0.15, 0.2) is 65.6 Å². The number of rotatable bonds is 8. The smallest absolute Gasteiger partial charge is 0.328 e. The van der Waals surface area contributed by atoms with E-state index >= 15 is 0 Å². The van der Waals surface area contributed by atoms with Crippen molar-refractivity contribution in [3.63, 3.8) is 0 Å². The maximum atomic E-state index is 13.1. The fraction of sp³-hybridized carbons (Fsp3) is 0.227. The van der Waals surface area contributed by atoms with Gasteiger partial charge in [-0.05, 0) is 35.4 Å². The molecule has 0 aliphatic heterocycles. The number of esters is 1. The summed E-state index contributed by atoms with van der Waals surface area (Å²) in [5.41, 5.74) is 0.510. The molecule has 0 spiro atoms. The number of carbonyl (C=O) groups excluding carboxylic acids is 1. The molecule has 1 atom stereocenters. The van der Waals surface area contributed by atoms with Crippen LogP contribution in [-0.2, 0) is 19.6 Å². The molecule has 0 bridgehead atoms. The Bertz CT molecular complexity index is 1150. The summed E-state index contributed by atoms with van der Waals surface area (Å²) in [5.74, 6) is -0.0245. The van der Waals surface area contributed by atoms with Gasteiger partial charge in [0.05, 0.1) is 25.7 Å². The van der Waals surface area contributed by atoms with E-state index in [0.717, 1.165) is 10.8 Å². The van der Waals surface area contributed by atoms with E-state index in [1.165, 1.54) is 32.4 Å². The van der Waals surface area contributed by atoms with Crippen LogP contribution in [0.1, 0.15) is 18.5 Å². The van der Waals surface area contributed by atoms with Gasteiger partial charge in [-0.2, -0.15) is 4.72 Å². The first-order chi connectivity index (χ1) is 14.4. The average molecular weight is 429 g/mol. The highest BCUT2D eigenvalue weighted by molar-refractivity contribution is 7.89. The summed E-state index contributed by atoms with van der Waals surface area (Å²) in [5, 5.41) is 1.64. The van der Waals surface area contributed by atoms with Crippen LogP contribution in [0.3, 0.4) is 0 Å². The van der Waals surface area contributed by atoms with E-state index in [1.807, 2.05) is 30.3 Å². The van der Waals surface area contributed by atoms with Gasteiger partial charge in [0.1, 0.15) is 6.04 Å². The summed E-state index contributed by atoms with van der Waals surface area (Å²) in [4.78, 5) is 12.7. The predicted octanol–water partition coefficient (Wildman–Crippen LogP) is 3.44. The number of sulfonamides is 1. The van der Waals surface area contributed by atoms with Crippen molar-refractivity contribution in [2.75, 3.05) is 20.8 Å². The summed E-state index contributed by atoms with van der Waals surface area (Å²) in [7, 11) is -1.21. The molecule has 0 saturated heterocycles. The molecule has 158 valence electrons. The fourth-order valence-corrected chi connectivity index (χ4v) is 4.35. The fourth-order valence-electron chi connectivity index (χ4n) is 3.17. The minimum atomic E-state index is -4.08. The first-order valence-corrected chi connectivity index (χ1v) is 10.8. The molecule has 0 fully saturated rings. The van der Waals surface area contributed by atoms with Crippen molar-refractivity contribution < 1.29 is 27.4 Å². The van der Waals surface area contributed by atoms with E-state index < -0.39 is 22.0 Å². The van der Waals surface area contributed by atoms with Gasteiger partial charge in [0.25, 0.3) is 0 Å². The third-order valence-electron chi connectivity index (χ3n) is 4.59. The number of nitrogens with one attached hydrogen (secondary N) is 1. The van der Waals surface area contributed by atoms with Crippen molar-refractivity contribution in [2.45, 2.75) is 17.9 Å². The van der Waals surface area contributed by atoms with Gasteiger partial charge in [0.2, 0.25) is 10.0 Å². The third-order valence-corrected chi connectivity index (χ3v) is 6.02. The molecule has 8 heteroatoms. The SMILES string of the molecule is CCOC(=O)[C@H](NS(=O)(=O)c1ccc(OC)c(OC)c1)c1cccc2ccccc12. The van der Waals surface area contributed by atoms with Gasteiger partial charge in [-0.25, -0.2) is 13.2 Å². The highest BCUT2D eigenvalue weighted by Crippen LogP contribution is 2.31. The summed E-state index contributed by atoms with van der Waals surface area (Å²) in [6.07, 6.45) is 0. The van der Waals surface area contributed by atoms with Gasteiger partial charge in [-0.15, -0.1) is 0 Å². The highest BCUT2D eigenvalue weighted by Gasteiger charge is 2.30. The van der Waals surface area contributed by atoms with Crippen LogP contribution in [0.5, 0.6) is 11.5 Å². The number of fused-ring (bicyclic) bond motifs is 1. The van der Waals surface area contributed by atoms with Gasteiger partial charge in [-0.1, -0.05) is 42.5 Å². The number of benzene rings is 3. The van der Waals surface area contributed by atoms with E-state index in [4.69, 9.17) is 14.2 Å². The Labute approximate surface area is 175 Å². The second kappa shape index (κ2) is 9.15. The zero-order valence-electron chi connectivity index (χ0n) is 16.9. The second-order valence-corrected chi connectivity index (χ2v) is 8.11. The average Bonchev–Trinajstić information content (AvgIpc) is 2.76. The molecule has 0 aromatic heterocycles. The standard InChI is InChI=1S/C22H23NO6S/c1-4-29-22(24)21(18-11-7-9-15-8-5-6-10-17(15)18)23-30(25,26)16-12-13-19(27-2)20(14-16)28-3/h5-14,21,23H,4H2,1-3H3/t21-/m1/s1. The molecule has 3 rings (SSSR count). The summed E-state index contributed by atoms with van der Waals surface area (Å²) < 4.78 is 44.2. The lowest BCUT2D eigenvalue weighted by molar-refractivity contribution is -0.145. The van der Waals surface area contributed by atoms with Gasteiger partial charge >= 0.3 is 5.97 Å². The minimum absolute atomic E-state index is 0.0605.